The Kier molecular flexibility index (Phi) is 5.15. The van der Waals surface area contributed by atoms with Gasteiger partial charge in [-0.15, -0.1) is 0 Å². The molecule has 1 amide bonds. The summed E-state index contributed by atoms with van der Waals surface area (Å²) in [5.41, 5.74) is -0.536. The number of rotatable bonds is 6. The molecule has 0 spiro atoms. The largest absolute Gasteiger partial charge is 0.482 e. The number of hydrogen-bond acceptors (Lipinski definition) is 7. The summed E-state index contributed by atoms with van der Waals surface area (Å²) in [6, 6.07) is 5.66. The summed E-state index contributed by atoms with van der Waals surface area (Å²) in [5.74, 6) is -0.992. The van der Waals surface area contributed by atoms with E-state index in [-0.39, 0.29) is 31.0 Å². The third-order valence-corrected chi connectivity index (χ3v) is 3.75. The van der Waals surface area contributed by atoms with Gasteiger partial charge in [-0.1, -0.05) is 0 Å². The average Bonchev–Trinajstić information content (AvgIpc) is 2.64. The Balaban J connectivity index is 1.53. The molecule has 1 aliphatic heterocycles. The molecule has 3 rings (SSSR count). The Morgan fingerprint density at radius 3 is 2.78 bits per heavy atom. The highest BCUT2D eigenvalue weighted by Gasteiger charge is 2.18. The summed E-state index contributed by atoms with van der Waals surface area (Å²) in [7, 11) is 0. The van der Waals surface area contributed by atoms with Gasteiger partial charge in [0.05, 0.1) is 12.1 Å². The number of aryl methyl sites for hydroxylation is 1. The summed E-state index contributed by atoms with van der Waals surface area (Å²) in [4.78, 5) is 59.8. The number of ketones is 1. The standard InChI is InChI=1S/C17H15N3O7/c21-12(10-1-2-13-11(7-10)18-15(23)9-26-13)8-27-16(24)4-6-20-5-3-14(22)19-17(20)25/h1-3,5,7H,4,6,8-9H2,(H,18,23)(H,19,22,25). The van der Waals surface area contributed by atoms with Crippen LogP contribution in [0.5, 0.6) is 5.75 Å². The highest BCUT2D eigenvalue weighted by molar-refractivity contribution is 6.01. The first kappa shape index (κ1) is 18.1. The summed E-state index contributed by atoms with van der Waals surface area (Å²) in [6.07, 6.45) is 1.12. The van der Waals surface area contributed by atoms with Gasteiger partial charge in [-0.2, -0.15) is 0 Å². The topological polar surface area (TPSA) is 137 Å². The minimum Gasteiger partial charge on any atom is -0.482 e. The molecule has 10 nitrogen and oxygen atoms in total. The van der Waals surface area contributed by atoms with Crippen LogP contribution < -0.4 is 21.3 Å². The third kappa shape index (κ3) is 4.48. The van der Waals surface area contributed by atoms with E-state index < -0.39 is 29.6 Å². The fourth-order valence-electron chi connectivity index (χ4n) is 2.39. The number of carbonyl (C=O) groups is 3. The second kappa shape index (κ2) is 7.68. The van der Waals surface area contributed by atoms with Gasteiger partial charge in [-0.25, -0.2) is 4.79 Å². The van der Waals surface area contributed by atoms with Crippen LogP contribution >= 0.6 is 0 Å². The number of amides is 1. The fraction of sp³-hybridized carbons (Fsp3) is 0.235. The maximum absolute atomic E-state index is 12.2. The molecule has 1 aromatic heterocycles. The first-order valence-corrected chi connectivity index (χ1v) is 7.97. The first-order valence-electron chi connectivity index (χ1n) is 7.97. The maximum atomic E-state index is 12.2. The minimum absolute atomic E-state index is 0.00481. The molecule has 0 aliphatic carbocycles. The van der Waals surface area contributed by atoms with Crippen LogP contribution in [-0.4, -0.2) is 40.4 Å². The SMILES string of the molecule is O=C1COc2ccc(C(=O)COC(=O)CCn3ccc(=O)[nH]c3=O)cc2N1. The second-order valence-electron chi connectivity index (χ2n) is 5.69. The van der Waals surface area contributed by atoms with Crippen molar-refractivity contribution < 1.29 is 23.9 Å². The molecular weight excluding hydrogens is 358 g/mol. The summed E-state index contributed by atoms with van der Waals surface area (Å²) in [6.45, 7) is -0.561. The lowest BCUT2D eigenvalue weighted by molar-refractivity contribution is -0.142. The molecule has 1 aliphatic rings. The lowest BCUT2D eigenvalue weighted by Gasteiger charge is -2.18. The maximum Gasteiger partial charge on any atom is 0.328 e. The average molecular weight is 373 g/mol. The van der Waals surface area contributed by atoms with E-state index in [1.807, 2.05) is 0 Å². The quantitative estimate of drug-likeness (QED) is 0.523. The monoisotopic (exact) mass is 373 g/mol. The van der Waals surface area contributed by atoms with Crippen molar-refractivity contribution in [2.24, 2.45) is 0 Å². The van der Waals surface area contributed by atoms with E-state index in [4.69, 9.17) is 9.47 Å². The van der Waals surface area contributed by atoms with Gasteiger partial charge in [0.1, 0.15) is 5.75 Å². The van der Waals surface area contributed by atoms with E-state index in [1.54, 1.807) is 6.07 Å². The molecule has 27 heavy (non-hydrogen) atoms. The van der Waals surface area contributed by atoms with Crippen LogP contribution in [0.4, 0.5) is 5.69 Å². The number of anilines is 1. The first-order chi connectivity index (χ1) is 12.9. The molecule has 0 bridgehead atoms. The van der Waals surface area contributed by atoms with Crippen LogP contribution in [0, 0.1) is 0 Å². The summed E-state index contributed by atoms with van der Waals surface area (Å²) < 4.78 is 11.3. The lowest BCUT2D eigenvalue weighted by atomic mass is 10.1. The van der Waals surface area contributed by atoms with E-state index in [0.29, 0.717) is 11.4 Å². The molecule has 1 aromatic carbocycles. The van der Waals surface area contributed by atoms with Gasteiger partial charge in [0.25, 0.3) is 11.5 Å². The van der Waals surface area contributed by atoms with Crippen LogP contribution in [0.1, 0.15) is 16.8 Å². The number of nitrogens with zero attached hydrogens (tertiary/aromatic N) is 1. The van der Waals surface area contributed by atoms with Crippen LogP contribution in [0.15, 0.2) is 40.1 Å². The van der Waals surface area contributed by atoms with Crippen molar-refractivity contribution in [3.8, 4) is 5.75 Å². The zero-order chi connectivity index (χ0) is 19.4. The molecule has 0 radical (unpaired) electrons. The van der Waals surface area contributed by atoms with Gasteiger partial charge in [0, 0.05) is 24.4 Å². The van der Waals surface area contributed by atoms with Gasteiger partial charge in [0.2, 0.25) is 0 Å². The number of aromatic nitrogens is 2. The van der Waals surface area contributed by atoms with Crippen LogP contribution in [0.25, 0.3) is 0 Å². The van der Waals surface area contributed by atoms with Crippen molar-refractivity contribution in [3.05, 3.63) is 56.9 Å². The smallest absolute Gasteiger partial charge is 0.328 e. The highest BCUT2D eigenvalue weighted by Crippen LogP contribution is 2.28. The molecule has 2 aromatic rings. The Hall–Kier alpha value is -3.69. The van der Waals surface area contributed by atoms with Crippen LogP contribution in [0.3, 0.4) is 0 Å². The molecule has 10 heteroatoms. The molecule has 140 valence electrons. The van der Waals surface area contributed by atoms with Gasteiger partial charge >= 0.3 is 11.7 Å². The number of aromatic amines is 1. The van der Waals surface area contributed by atoms with Crippen molar-refractivity contribution in [3.63, 3.8) is 0 Å². The number of hydrogen-bond donors (Lipinski definition) is 2. The van der Waals surface area contributed by atoms with Crippen molar-refractivity contribution >= 4 is 23.3 Å². The number of fused-ring (bicyclic) bond motifs is 1. The zero-order valence-corrected chi connectivity index (χ0v) is 14.0. The van der Waals surface area contributed by atoms with E-state index in [9.17, 15) is 24.0 Å². The van der Waals surface area contributed by atoms with Crippen molar-refractivity contribution in [1.29, 1.82) is 0 Å². The number of H-pyrrole nitrogens is 1. The number of benzene rings is 1. The zero-order valence-electron chi connectivity index (χ0n) is 14.0. The van der Waals surface area contributed by atoms with Gasteiger partial charge in [-0.3, -0.25) is 24.2 Å². The van der Waals surface area contributed by atoms with Crippen molar-refractivity contribution in [1.82, 2.24) is 9.55 Å². The molecule has 0 saturated heterocycles. The summed E-state index contributed by atoms with van der Waals surface area (Å²) in [5, 5.41) is 2.59. The number of nitrogens with one attached hydrogen (secondary N) is 2. The lowest BCUT2D eigenvalue weighted by Crippen LogP contribution is -2.29. The summed E-state index contributed by atoms with van der Waals surface area (Å²) >= 11 is 0. The van der Waals surface area contributed by atoms with E-state index in [1.165, 1.54) is 18.3 Å². The van der Waals surface area contributed by atoms with Crippen LogP contribution in [0.2, 0.25) is 0 Å². The number of esters is 1. The van der Waals surface area contributed by atoms with E-state index in [0.717, 1.165) is 10.6 Å². The van der Waals surface area contributed by atoms with Crippen molar-refractivity contribution in [2.75, 3.05) is 18.5 Å². The van der Waals surface area contributed by atoms with Gasteiger partial charge in [-0.05, 0) is 18.2 Å². The normalized spacial score (nSPS) is 12.5. The Labute approximate surface area is 151 Å². The number of Topliss-reactive ketones (excluding diaryl/α,β-unsaturated/α-hetero) is 1. The Bertz CT molecular complexity index is 1020. The van der Waals surface area contributed by atoms with Crippen molar-refractivity contribution in [2.45, 2.75) is 13.0 Å². The highest BCUT2D eigenvalue weighted by atomic mass is 16.5. The second-order valence-corrected chi connectivity index (χ2v) is 5.69. The number of ether oxygens (including phenoxy) is 2. The molecular formula is C17H15N3O7. The van der Waals surface area contributed by atoms with Gasteiger partial charge < -0.3 is 19.4 Å². The van der Waals surface area contributed by atoms with E-state index in [2.05, 4.69) is 10.3 Å². The Morgan fingerprint density at radius 2 is 2.00 bits per heavy atom. The van der Waals surface area contributed by atoms with Crippen LogP contribution in [-0.2, 0) is 20.9 Å². The Morgan fingerprint density at radius 1 is 1.19 bits per heavy atom. The van der Waals surface area contributed by atoms with E-state index >= 15 is 0 Å². The minimum atomic E-state index is -0.670. The predicted molar refractivity (Wildman–Crippen MR) is 91.8 cm³/mol. The molecule has 0 atom stereocenters. The third-order valence-electron chi connectivity index (χ3n) is 3.75. The molecule has 0 fully saturated rings. The molecule has 2 heterocycles. The fourth-order valence-corrected chi connectivity index (χ4v) is 2.39. The number of carbonyl (C=O) groups excluding carboxylic acids is 3. The van der Waals surface area contributed by atoms with Gasteiger partial charge in [0.15, 0.2) is 19.0 Å². The molecule has 0 saturated carbocycles. The molecule has 0 unspecified atom stereocenters. The predicted octanol–water partition coefficient (Wildman–Crippen LogP) is -0.316. The molecule has 2 N–H and O–H groups in total.